The molecule has 0 aliphatic carbocycles. The number of hydrogen-bond donors (Lipinski definition) is 0. The summed E-state index contributed by atoms with van der Waals surface area (Å²) in [6, 6.07) is 14.6. The molecule has 6 rings (SSSR count). The Bertz CT molecular complexity index is 2260. The van der Waals surface area contributed by atoms with Gasteiger partial charge >= 0.3 is 12.1 Å². The number of esters is 1. The molecule has 0 N–H and O–H groups in total. The molecule has 3 heterocycles. The van der Waals surface area contributed by atoms with Crippen molar-refractivity contribution in [2.75, 3.05) is 32.6 Å². The molecule has 0 saturated carbocycles. The van der Waals surface area contributed by atoms with Gasteiger partial charge in [0.15, 0.2) is 21.4 Å². The van der Waals surface area contributed by atoms with E-state index in [0.29, 0.717) is 54.0 Å². The van der Waals surface area contributed by atoms with E-state index in [-0.39, 0.29) is 51.9 Å². The smallest absolute Gasteiger partial charge is 0.464 e. The zero-order valence-corrected chi connectivity index (χ0v) is 33.5. The average molecular weight is 831 g/mol. The highest BCUT2D eigenvalue weighted by molar-refractivity contribution is 7.90. The van der Waals surface area contributed by atoms with Crippen molar-refractivity contribution in [3.05, 3.63) is 98.7 Å². The molecule has 4 aromatic rings. The molecule has 16 heteroatoms. The number of benzene rings is 3. The summed E-state index contributed by atoms with van der Waals surface area (Å²) in [5, 5.41) is 1.03. The number of amides is 1. The predicted molar refractivity (Wildman–Crippen MR) is 204 cm³/mol. The molecule has 298 valence electrons. The third-order valence-corrected chi connectivity index (χ3v) is 11.4. The van der Waals surface area contributed by atoms with Gasteiger partial charge in [-0.15, -0.1) is 0 Å². The molecule has 0 spiro atoms. The van der Waals surface area contributed by atoms with E-state index in [1.807, 2.05) is 12.1 Å². The number of fused-ring (bicyclic) bond motifs is 2. The lowest BCUT2D eigenvalue weighted by Crippen LogP contribution is -2.41. The topological polar surface area (TPSA) is 165 Å². The van der Waals surface area contributed by atoms with Crippen LogP contribution in [0.3, 0.4) is 0 Å². The van der Waals surface area contributed by atoms with Crippen LogP contribution in [0.5, 0.6) is 0 Å². The lowest BCUT2D eigenvalue weighted by molar-refractivity contribution is -0.265. The normalized spacial score (nSPS) is 16.8. The van der Waals surface area contributed by atoms with Crippen LogP contribution in [0.2, 0.25) is 10.0 Å². The van der Waals surface area contributed by atoms with Gasteiger partial charge in [-0.25, -0.2) is 13.2 Å². The molecular formula is C40H41Cl2NO12S. The summed E-state index contributed by atoms with van der Waals surface area (Å²) < 4.78 is 56.9. The van der Waals surface area contributed by atoms with E-state index in [4.69, 9.17) is 51.3 Å². The Morgan fingerprint density at radius 3 is 2.48 bits per heavy atom. The van der Waals surface area contributed by atoms with Crippen molar-refractivity contribution in [3.63, 3.8) is 0 Å². The summed E-state index contributed by atoms with van der Waals surface area (Å²) in [7, 11) is -3.59. The van der Waals surface area contributed by atoms with Gasteiger partial charge in [0.05, 0.1) is 45.9 Å². The number of carbonyl (C=O) groups excluding carboxylic acids is 4. The highest BCUT2D eigenvalue weighted by Crippen LogP contribution is 2.37. The third kappa shape index (κ3) is 9.90. The van der Waals surface area contributed by atoms with Gasteiger partial charge in [-0.3, -0.25) is 14.4 Å². The summed E-state index contributed by atoms with van der Waals surface area (Å²) >= 11 is 13.6. The molecular weight excluding hydrogens is 789 g/mol. The number of ketones is 1. The largest absolute Gasteiger partial charge is 0.511 e. The molecule has 13 nitrogen and oxygen atoms in total. The molecule has 1 aromatic heterocycles. The second-order valence-corrected chi connectivity index (χ2v) is 17.2. The Balaban J connectivity index is 1.15. The van der Waals surface area contributed by atoms with Crippen molar-refractivity contribution in [2.24, 2.45) is 11.8 Å². The van der Waals surface area contributed by atoms with Crippen LogP contribution < -0.4 is 0 Å². The van der Waals surface area contributed by atoms with Crippen molar-refractivity contribution < 1.29 is 55.7 Å². The van der Waals surface area contributed by atoms with Crippen LogP contribution in [-0.4, -0.2) is 81.8 Å². The van der Waals surface area contributed by atoms with Gasteiger partial charge in [-0.1, -0.05) is 41.4 Å². The maximum absolute atomic E-state index is 14.0. The summed E-state index contributed by atoms with van der Waals surface area (Å²) in [5.74, 6) is -3.80. The molecule has 2 aliphatic rings. The third-order valence-electron chi connectivity index (χ3n) is 9.56. The first kappa shape index (κ1) is 41.2. The Morgan fingerprint density at radius 1 is 1.00 bits per heavy atom. The first-order chi connectivity index (χ1) is 26.5. The maximum Gasteiger partial charge on any atom is 0.511 e. The lowest BCUT2D eigenvalue weighted by atomic mass is 9.89. The molecule has 0 bridgehead atoms. The summed E-state index contributed by atoms with van der Waals surface area (Å²) in [6.45, 7) is 5.95. The van der Waals surface area contributed by atoms with Crippen LogP contribution in [0.15, 0.2) is 70.2 Å². The van der Waals surface area contributed by atoms with E-state index in [9.17, 15) is 27.6 Å². The Hall–Kier alpha value is -4.47. The number of sulfone groups is 1. The molecule has 3 aromatic carbocycles. The van der Waals surface area contributed by atoms with Gasteiger partial charge in [-0.2, -0.15) is 0 Å². The van der Waals surface area contributed by atoms with Crippen molar-refractivity contribution in [3.8, 4) is 0 Å². The van der Waals surface area contributed by atoms with Crippen LogP contribution in [0, 0.1) is 11.8 Å². The molecule has 2 atom stereocenters. The SMILES string of the molecule is CC(OC(=O)OCC1COC(C)(C)OC1)OC(=O)[C@@H](CC(=O)c1c(Cl)cc2c(c1Cl)CCN(C(=O)c1ccc3ccoc3c1)C2)Cc1cccc(S(C)(=O)=O)c1. The number of nitrogens with zero attached hydrogens (tertiary/aromatic N) is 1. The van der Waals surface area contributed by atoms with E-state index in [2.05, 4.69) is 0 Å². The van der Waals surface area contributed by atoms with Gasteiger partial charge in [-0.05, 0) is 79.8 Å². The van der Waals surface area contributed by atoms with Crippen LogP contribution in [0.4, 0.5) is 4.79 Å². The molecule has 1 unspecified atom stereocenters. The molecule has 1 saturated heterocycles. The van der Waals surface area contributed by atoms with Gasteiger partial charge in [0, 0.05) is 49.6 Å². The second kappa shape index (κ2) is 16.9. The van der Waals surface area contributed by atoms with Crippen LogP contribution in [0.1, 0.15) is 64.6 Å². The number of halogens is 2. The predicted octanol–water partition coefficient (Wildman–Crippen LogP) is 7.21. The standard InChI is InChI=1S/C40H41Cl2NO12S/c1-23(55-39(47)51-20-25-21-52-40(2,3)53-22-25)54-38(46)28(14-24-6-5-7-30(15-24)56(4,48)49)17-33(44)35-32(41)16-29-19-43(12-10-31(29)36(35)42)37(45)27-9-8-26-11-13-50-34(26)18-27/h5-9,11,13,15-16,18,23,25,28H,10,12,14,17,19-22H2,1-4H3/t23?,28-/m1/s1. The lowest BCUT2D eigenvalue weighted by Gasteiger charge is -2.34. The number of ether oxygens (including phenoxy) is 5. The fourth-order valence-electron chi connectivity index (χ4n) is 6.57. The fourth-order valence-corrected chi connectivity index (χ4v) is 8.06. The average Bonchev–Trinajstić information content (AvgIpc) is 3.61. The van der Waals surface area contributed by atoms with Gasteiger partial charge in [0.25, 0.3) is 5.91 Å². The maximum atomic E-state index is 14.0. The molecule has 2 aliphatic heterocycles. The highest BCUT2D eigenvalue weighted by atomic mass is 35.5. The van der Waals surface area contributed by atoms with E-state index in [1.54, 1.807) is 49.3 Å². The Kier molecular flexibility index (Phi) is 12.5. The summed E-state index contributed by atoms with van der Waals surface area (Å²) in [4.78, 5) is 55.2. The van der Waals surface area contributed by atoms with Crippen molar-refractivity contribution in [1.29, 1.82) is 0 Å². The van der Waals surface area contributed by atoms with E-state index in [0.717, 1.165) is 11.6 Å². The van der Waals surface area contributed by atoms with Crippen molar-refractivity contribution in [1.82, 2.24) is 4.90 Å². The van der Waals surface area contributed by atoms with Crippen LogP contribution >= 0.6 is 23.2 Å². The monoisotopic (exact) mass is 829 g/mol. The van der Waals surface area contributed by atoms with E-state index < -0.39 is 52.2 Å². The van der Waals surface area contributed by atoms with Crippen LogP contribution in [0.25, 0.3) is 11.0 Å². The fraction of sp³-hybridized carbons (Fsp3) is 0.400. The Morgan fingerprint density at radius 2 is 1.75 bits per heavy atom. The van der Waals surface area contributed by atoms with E-state index in [1.165, 1.54) is 25.1 Å². The number of rotatable bonds is 12. The van der Waals surface area contributed by atoms with Crippen molar-refractivity contribution >= 4 is 67.8 Å². The Labute approximate surface area is 334 Å². The zero-order chi connectivity index (χ0) is 40.4. The molecule has 1 amide bonds. The first-order valence-electron chi connectivity index (χ1n) is 17.9. The molecule has 56 heavy (non-hydrogen) atoms. The quantitative estimate of drug-likeness (QED) is 0.0802. The molecule has 1 fully saturated rings. The second-order valence-electron chi connectivity index (χ2n) is 14.4. The summed E-state index contributed by atoms with van der Waals surface area (Å²) in [6.07, 6.45) is -0.0806. The molecule has 0 radical (unpaired) electrons. The van der Waals surface area contributed by atoms with Crippen molar-refractivity contribution in [2.45, 2.75) is 63.6 Å². The number of hydrogen-bond acceptors (Lipinski definition) is 12. The number of Topliss-reactive ketones (excluding diaryl/α,β-unsaturated/α-hetero) is 1. The minimum absolute atomic E-state index is 0.00440. The van der Waals surface area contributed by atoms with E-state index >= 15 is 0 Å². The summed E-state index contributed by atoms with van der Waals surface area (Å²) in [5.41, 5.74) is 2.83. The minimum Gasteiger partial charge on any atom is -0.464 e. The first-order valence-corrected chi connectivity index (χ1v) is 20.5. The minimum atomic E-state index is -3.59. The highest BCUT2D eigenvalue weighted by Gasteiger charge is 2.33. The zero-order valence-electron chi connectivity index (χ0n) is 31.2. The van der Waals surface area contributed by atoms with Gasteiger partial charge in [0.1, 0.15) is 12.2 Å². The van der Waals surface area contributed by atoms with Gasteiger partial charge < -0.3 is 33.0 Å². The number of furan rings is 1. The van der Waals surface area contributed by atoms with Gasteiger partial charge in [0.2, 0.25) is 6.29 Å². The number of carbonyl (C=O) groups is 4. The van der Waals surface area contributed by atoms with Crippen LogP contribution in [-0.2, 0) is 57.7 Å².